The summed E-state index contributed by atoms with van der Waals surface area (Å²) < 4.78 is 0. The van der Waals surface area contributed by atoms with Crippen molar-refractivity contribution in [2.45, 2.75) is 0 Å². The number of halogens is 1. The second-order valence-electron chi connectivity index (χ2n) is 2.11. The van der Waals surface area contributed by atoms with Crippen LogP contribution in [0.3, 0.4) is 0 Å². The highest BCUT2D eigenvalue weighted by Crippen LogP contribution is 2.18. The fourth-order valence-electron chi connectivity index (χ4n) is 0.898. The normalized spacial score (nSPS) is 10.6. The summed E-state index contributed by atoms with van der Waals surface area (Å²) in [5.74, 6) is 0.334. The average Bonchev–Trinajstić information content (AvgIpc) is 2.31. The standard InChI is InChI=1S/C6H5ClN4/c7-3-1-2-9-5-4(3)10-6(8)11-5/h1-2H,(H3,8,9,10,11). The predicted octanol–water partition coefficient (Wildman–Crippen LogP) is 1.19. The second-order valence-corrected chi connectivity index (χ2v) is 2.52. The Kier molecular flexibility index (Phi) is 1.22. The molecule has 0 saturated carbocycles. The SMILES string of the molecule is Nc1nc2nccc(Cl)c2[nH]1. The third-order valence-electron chi connectivity index (χ3n) is 1.36. The number of hydrogen-bond donors (Lipinski definition) is 2. The van der Waals surface area contributed by atoms with E-state index in [4.69, 9.17) is 17.3 Å². The van der Waals surface area contributed by atoms with E-state index in [0.29, 0.717) is 22.1 Å². The molecule has 11 heavy (non-hydrogen) atoms. The number of hydrogen-bond acceptors (Lipinski definition) is 3. The molecular weight excluding hydrogens is 164 g/mol. The van der Waals surface area contributed by atoms with Gasteiger partial charge >= 0.3 is 0 Å². The Bertz CT molecular complexity index is 394. The first kappa shape index (κ1) is 6.42. The molecule has 0 spiro atoms. The number of rotatable bonds is 0. The first-order chi connectivity index (χ1) is 5.27. The van der Waals surface area contributed by atoms with Gasteiger partial charge in [-0.3, -0.25) is 0 Å². The molecule has 0 aliphatic rings. The number of aromatic nitrogens is 3. The smallest absolute Gasteiger partial charge is 0.200 e. The van der Waals surface area contributed by atoms with E-state index in [2.05, 4.69) is 15.0 Å². The van der Waals surface area contributed by atoms with E-state index in [1.165, 1.54) is 0 Å². The molecule has 0 unspecified atom stereocenters. The van der Waals surface area contributed by atoms with Gasteiger partial charge < -0.3 is 10.7 Å². The van der Waals surface area contributed by atoms with Crippen LogP contribution in [-0.2, 0) is 0 Å². The van der Waals surface area contributed by atoms with Crippen molar-refractivity contribution >= 4 is 28.7 Å². The van der Waals surface area contributed by atoms with Gasteiger partial charge in [-0.25, -0.2) is 4.98 Å². The molecule has 3 N–H and O–H groups in total. The van der Waals surface area contributed by atoms with Crippen LogP contribution in [0.4, 0.5) is 5.95 Å². The van der Waals surface area contributed by atoms with Gasteiger partial charge in [-0.05, 0) is 6.07 Å². The molecule has 0 aliphatic carbocycles. The fourth-order valence-corrected chi connectivity index (χ4v) is 1.09. The molecule has 2 heterocycles. The largest absolute Gasteiger partial charge is 0.369 e. The lowest BCUT2D eigenvalue weighted by molar-refractivity contribution is 1.31. The Hall–Kier alpha value is -1.29. The van der Waals surface area contributed by atoms with Crippen LogP contribution in [0, 0.1) is 0 Å². The summed E-state index contributed by atoms with van der Waals surface area (Å²) in [6, 6.07) is 1.68. The Morgan fingerprint density at radius 3 is 3.09 bits per heavy atom. The molecule has 56 valence electrons. The average molecular weight is 169 g/mol. The van der Waals surface area contributed by atoms with Crippen LogP contribution in [-0.4, -0.2) is 15.0 Å². The maximum atomic E-state index is 5.80. The van der Waals surface area contributed by atoms with Crippen molar-refractivity contribution in [1.82, 2.24) is 15.0 Å². The summed E-state index contributed by atoms with van der Waals surface area (Å²) in [4.78, 5) is 10.7. The Balaban J connectivity index is 2.90. The molecule has 0 fully saturated rings. The van der Waals surface area contributed by atoms with Crippen LogP contribution in [0.1, 0.15) is 0 Å². The van der Waals surface area contributed by atoms with E-state index in [0.717, 1.165) is 0 Å². The van der Waals surface area contributed by atoms with Crippen molar-refractivity contribution in [2.75, 3.05) is 5.73 Å². The first-order valence-corrected chi connectivity index (χ1v) is 3.41. The highest BCUT2D eigenvalue weighted by molar-refractivity contribution is 6.34. The maximum absolute atomic E-state index is 5.80. The zero-order chi connectivity index (χ0) is 7.84. The summed E-state index contributed by atoms with van der Waals surface area (Å²) in [5.41, 5.74) is 6.63. The number of nitrogens with two attached hydrogens (primary N) is 1. The minimum absolute atomic E-state index is 0.334. The molecule has 0 atom stereocenters. The van der Waals surface area contributed by atoms with Crippen LogP contribution < -0.4 is 5.73 Å². The van der Waals surface area contributed by atoms with E-state index in [1.807, 2.05) is 0 Å². The predicted molar refractivity (Wildman–Crippen MR) is 43.3 cm³/mol. The molecule has 0 radical (unpaired) electrons. The van der Waals surface area contributed by atoms with E-state index in [-0.39, 0.29) is 0 Å². The van der Waals surface area contributed by atoms with Crippen molar-refractivity contribution in [3.05, 3.63) is 17.3 Å². The molecular formula is C6H5ClN4. The molecule has 4 nitrogen and oxygen atoms in total. The summed E-state index contributed by atoms with van der Waals surface area (Å²) in [5, 5.41) is 0.583. The number of fused-ring (bicyclic) bond motifs is 1. The summed E-state index contributed by atoms with van der Waals surface area (Å²) in [6.45, 7) is 0. The number of nitrogens with zero attached hydrogens (tertiary/aromatic N) is 2. The lowest BCUT2D eigenvalue weighted by Crippen LogP contribution is -1.84. The molecule has 0 amide bonds. The second kappa shape index (κ2) is 2.10. The molecule has 0 bridgehead atoms. The van der Waals surface area contributed by atoms with E-state index in [1.54, 1.807) is 12.3 Å². The third-order valence-corrected chi connectivity index (χ3v) is 1.67. The molecule has 2 aromatic heterocycles. The van der Waals surface area contributed by atoms with E-state index < -0.39 is 0 Å². The summed E-state index contributed by atoms with van der Waals surface area (Å²) in [7, 11) is 0. The number of nitrogens with one attached hydrogen (secondary N) is 1. The van der Waals surface area contributed by atoms with Crippen LogP contribution in [0.15, 0.2) is 12.3 Å². The van der Waals surface area contributed by atoms with E-state index >= 15 is 0 Å². The molecule has 0 aliphatic heterocycles. The molecule has 0 saturated heterocycles. The minimum atomic E-state index is 0.334. The Morgan fingerprint density at radius 2 is 2.36 bits per heavy atom. The van der Waals surface area contributed by atoms with Crippen molar-refractivity contribution < 1.29 is 0 Å². The van der Waals surface area contributed by atoms with Crippen molar-refractivity contribution in [2.24, 2.45) is 0 Å². The fraction of sp³-hybridized carbons (Fsp3) is 0. The Labute approximate surface area is 67.4 Å². The molecule has 2 aromatic rings. The minimum Gasteiger partial charge on any atom is -0.369 e. The zero-order valence-corrected chi connectivity index (χ0v) is 6.26. The number of pyridine rings is 1. The lowest BCUT2D eigenvalue weighted by atomic mass is 10.4. The molecule has 2 rings (SSSR count). The maximum Gasteiger partial charge on any atom is 0.200 e. The number of imidazole rings is 1. The highest BCUT2D eigenvalue weighted by Gasteiger charge is 2.02. The van der Waals surface area contributed by atoms with Crippen molar-refractivity contribution in [3.8, 4) is 0 Å². The molecule has 0 aromatic carbocycles. The van der Waals surface area contributed by atoms with Gasteiger partial charge in [0, 0.05) is 6.20 Å². The van der Waals surface area contributed by atoms with Crippen LogP contribution >= 0.6 is 11.6 Å². The number of H-pyrrole nitrogens is 1. The van der Waals surface area contributed by atoms with E-state index in [9.17, 15) is 0 Å². The Morgan fingerprint density at radius 1 is 1.55 bits per heavy atom. The number of aromatic amines is 1. The quantitative estimate of drug-likeness (QED) is 0.621. The monoisotopic (exact) mass is 168 g/mol. The highest BCUT2D eigenvalue weighted by atomic mass is 35.5. The first-order valence-electron chi connectivity index (χ1n) is 3.03. The van der Waals surface area contributed by atoms with Gasteiger partial charge in [-0.15, -0.1) is 0 Å². The summed E-state index contributed by atoms with van der Waals surface area (Å²) in [6.07, 6.45) is 1.59. The van der Waals surface area contributed by atoms with Crippen LogP contribution in [0.25, 0.3) is 11.2 Å². The number of nitrogen functional groups attached to an aromatic ring is 1. The van der Waals surface area contributed by atoms with Gasteiger partial charge in [0.25, 0.3) is 0 Å². The topological polar surface area (TPSA) is 67.6 Å². The van der Waals surface area contributed by atoms with Gasteiger partial charge in [0.05, 0.1) is 5.02 Å². The van der Waals surface area contributed by atoms with Crippen molar-refractivity contribution in [1.29, 1.82) is 0 Å². The summed E-state index contributed by atoms with van der Waals surface area (Å²) >= 11 is 5.80. The zero-order valence-electron chi connectivity index (χ0n) is 5.50. The molecule has 5 heteroatoms. The van der Waals surface area contributed by atoms with Gasteiger partial charge in [0.1, 0.15) is 5.52 Å². The lowest BCUT2D eigenvalue weighted by Gasteiger charge is -1.87. The number of anilines is 1. The van der Waals surface area contributed by atoms with Crippen LogP contribution in [0.5, 0.6) is 0 Å². The van der Waals surface area contributed by atoms with Gasteiger partial charge in [-0.2, -0.15) is 4.98 Å². The van der Waals surface area contributed by atoms with Crippen molar-refractivity contribution in [3.63, 3.8) is 0 Å². The third kappa shape index (κ3) is 0.914. The van der Waals surface area contributed by atoms with Gasteiger partial charge in [0.15, 0.2) is 11.6 Å². The van der Waals surface area contributed by atoms with Crippen LogP contribution in [0.2, 0.25) is 5.02 Å². The van der Waals surface area contributed by atoms with Gasteiger partial charge in [0.2, 0.25) is 0 Å². The van der Waals surface area contributed by atoms with Gasteiger partial charge in [-0.1, -0.05) is 11.6 Å².